The number of rotatable bonds is 7. The Balaban J connectivity index is 2.25. The van der Waals surface area contributed by atoms with E-state index in [1.54, 1.807) is 6.92 Å². The first-order chi connectivity index (χ1) is 11.5. The molecule has 0 atom stereocenters. The first-order valence-corrected chi connectivity index (χ1v) is 9.02. The molecule has 2 aromatic rings. The smallest absolute Gasteiger partial charge is 0.190 e. The fraction of sp³-hybridized carbons (Fsp3) is 0.350. The van der Waals surface area contributed by atoms with Gasteiger partial charge >= 0.3 is 0 Å². The number of hydrogen-bond acceptors (Lipinski definition) is 4. The predicted molar refractivity (Wildman–Crippen MR) is 99.0 cm³/mol. The molecule has 0 saturated heterocycles. The molecule has 128 valence electrons. The van der Waals surface area contributed by atoms with Crippen molar-refractivity contribution >= 4 is 16.9 Å². The molecular formula is C20H24O3S. The lowest BCUT2D eigenvalue weighted by Gasteiger charge is -2.16. The van der Waals surface area contributed by atoms with Crippen molar-refractivity contribution in [2.45, 2.75) is 45.6 Å². The summed E-state index contributed by atoms with van der Waals surface area (Å²) in [5.41, 5.74) is 3.32. The van der Waals surface area contributed by atoms with Crippen LogP contribution in [0.1, 0.15) is 37.5 Å². The molecular weight excluding hydrogens is 320 g/mol. The molecule has 2 rings (SSSR count). The highest BCUT2D eigenvalue weighted by atomic mass is 32.2. The van der Waals surface area contributed by atoms with Crippen molar-refractivity contribution in [3.63, 3.8) is 0 Å². The van der Waals surface area contributed by atoms with Gasteiger partial charge in [0.25, 0.3) is 0 Å². The molecule has 0 radical (unpaired) electrons. The summed E-state index contributed by atoms with van der Waals surface area (Å²) >= 11 is 1.21. The van der Waals surface area contributed by atoms with Gasteiger partial charge < -0.3 is 9.47 Å². The highest BCUT2D eigenvalue weighted by Gasteiger charge is 2.13. The van der Waals surface area contributed by atoms with Gasteiger partial charge in [-0.05, 0) is 49.6 Å². The van der Waals surface area contributed by atoms with Gasteiger partial charge in [0.2, 0.25) is 0 Å². The summed E-state index contributed by atoms with van der Waals surface area (Å²) in [6, 6.07) is 12.0. The molecule has 0 aromatic heterocycles. The average Bonchev–Trinajstić information content (AvgIpc) is 2.55. The van der Waals surface area contributed by atoms with Crippen molar-refractivity contribution in [2.75, 3.05) is 6.61 Å². The van der Waals surface area contributed by atoms with E-state index in [2.05, 4.69) is 19.1 Å². The van der Waals surface area contributed by atoms with Crippen LogP contribution in [0.2, 0.25) is 0 Å². The Kier molecular flexibility index (Phi) is 6.73. The van der Waals surface area contributed by atoms with Gasteiger partial charge in [0.15, 0.2) is 5.12 Å². The van der Waals surface area contributed by atoms with Crippen molar-refractivity contribution in [3.8, 4) is 11.5 Å². The molecule has 0 saturated carbocycles. The second-order valence-corrected chi connectivity index (χ2v) is 6.72. The van der Waals surface area contributed by atoms with Gasteiger partial charge in [-0.3, -0.25) is 4.79 Å². The predicted octanol–water partition coefficient (Wildman–Crippen LogP) is 5.17. The molecule has 0 aliphatic rings. The first-order valence-electron chi connectivity index (χ1n) is 8.20. The third kappa shape index (κ3) is 4.78. The maximum atomic E-state index is 11.5. The fourth-order valence-electron chi connectivity index (χ4n) is 2.47. The summed E-state index contributed by atoms with van der Waals surface area (Å²) in [5.74, 6) is 1.63. The normalized spacial score (nSPS) is 10.5. The van der Waals surface area contributed by atoms with Crippen LogP contribution in [-0.2, 0) is 17.8 Å². The lowest BCUT2D eigenvalue weighted by Crippen LogP contribution is -2.04. The zero-order valence-corrected chi connectivity index (χ0v) is 15.5. The SMILES string of the molecule is CCOc1cccc(SC(C)=O)c1COc1ccc(CC)cc1C. The van der Waals surface area contributed by atoms with E-state index in [0.29, 0.717) is 13.2 Å². The molecule has 0 aliphatic carbocycles. The van der Waals surface area contributed by atoms with Crippen molar-refractivity contribution in [3.05, 3.63) is 53.1 Å². The molecule has 0 unspecified atom stereocenters. The van der Waals surface area contributed by atoms with E-state index in [9.17, 15) is 4.79 Å². The lowest BCUT2D eigenvalue weighted by molar-refractivity contribution is -0.109. The Labute approximate surface area is 148 Å². The lowest BCUT2D eigenvalue weighted by atomic mass is 10.1. The number of hydrogen-bond donors (Lipinski definition) is 0. The van der Waals surface area contributed by atoms with Crippen LogP contribution in [0.4, 0.5) is 0 Å². The van der Waals surface area contributed by atoms with E-state index < -0.39 is 0 Å². The van der Waals surface area contributed by atoms with E-state index in [0.717, 1.165) is 33.9 Å². The van der Waals surface area contributed by atoms with Crippen molar-refractivity contribution in [1.29, 1.82) is 0 Å². The molecule has 0 heterocycles. The van der Waals surface area contributed by atoms with Crippen LogP contribution in [0.25, 0.3) is 0 Å². The Morgan fingerprint density at radius 2 is 1.88 bits per heavy atom. The number of carbonyl (C=O) groups is 1. The van der Waals surface area contributed by atoms with Crippen molar-refractivity contribution in [1.82, 2.24) is 0 Å². The average molecular weight is 344 g/mol. The zero-order valence-electron chi connectivity index (χ0n) is 14.7. The minimum atomic E-state index is 0.0494. The highest BCUT2D eigenvalue weighted by Crippen LogP contribution is 2.32. The molecule has 0 spiro atoms. The quantitative estimate of drug-likeness (QED) is 0.649. The van der Waals surface area contributed by atoms with E-state index in [4.69, 9.17) is 9.47 Å². The van der Waals surface area contributed by atoms with Crippen molar-refractivity contribution < 1.29 is 14.3 Å². The van der Waals surface area contributed by atoms with Crippen LogP contribution in [0, 0.1) is 6.92 Å². The maximum absolute atomic E-state index is 11.5. The highest BCUT2D eigenvalue weighted by molar-refractivity contribution is 8.13. The molecule has 0 bridgehead atoms. The number of carbonyl (C=O) groups excluding carboxylic acids is 1. The Morgan fingerprint density at radius 3 is 2.50 bits per heavy atom. The van der Waals surface area contributed by atoms with Crippen LogP contribution < -0.4 is 9.47 Å². The fourth-order valence-corrected chi connectivity index (χ4v) is 3.21. The largest absolute Gasteiger partial charge is 0.493 e. The Morgan fingerprint density at radius 1 is 1.08 bits per heavy atom. The van der Waals surface area contributed by atoms with Gasteiger partial charge in [0.1, 0.15) is 18.1 Å². The van der Waals surface area contributed by atoms with Gasteiger partial charge in [0, 0.05) is 17.4 Å². The summed E-state index contributed by atoms with van der Waals surface area (Å²) in [7, 11) is 0. The monoisotopic (exact) mass is 344 g/mol. The van der Waals surface area contributed by atoms with E-state index in [-0.39, 0.29) is 5.12 Å². The summed E-state index contributed by atoms with van der Waals surface area (Å²) in [4.78, 5) is 12.4. The molecule has 0 fully saturated rings. The molecule has 0 N–H and O–H groups in total. The molecule has 4 heteroatoms. The third-order valence-corrected chi connectivity index (χ3v) is 4.55. The third-order valence-electron chi connectivity index (χ3n) is 3.66. The van der Waals surface area contributed by atoms with E-state index >= 15 is 0 Å². The zero-order chi connectivity index (χ0) is 17.5. The Bertz CT molecular complexity index is 710. The number of benzene rings is 2. The van der Waals surface area contributed by atoms with Gasteiger partial charge in [-0.1, -0.05) is 36.9 Å². The second kappa shape index (κ2) is 8.78. The summed E-state index contributed by atoms with van der Waals surface area (Å²) < 4.78 is 11.7. The number of thioether (sulfide) groups is 1. The topological polar surface area (TPSA) is 35.5 Å². The van der Waals surface area contributed by atoms with Gasteiger partial charge in [-0.2, -0.15) is 0 Å². The first kappa shape index (κ1) is 18.4. The minimum Gasteiger partial charge on any atom is -0.493 e. The van der Waals surface area contributed by atoms with Crippen molar-refractivity contribution in [2.24, 2.45) is 0 Å². The maximum Gasteiger partial charge on any atom is 0.190 e. The van der Waals surface area contributed by atoms with Crippen LogP contribution in [0.15, 0.2) is 41.3 Å². The standard InChI is InChI=1S/C20H24O3S/c1-5-16-10-11-18(14(3)12-16)23-13-17-19(22-6-2)8-7-9-20(17)24-15(4)21/h7-12H,5-6,13H2,1-4H3. The second-order valence-electron chi connectivity index (χ2n) is 5.50. The van der Waals surface area contributed by atoms with Gasteiger partial charge in [-0.15, -0.1) is 0 Å². The molecule has 0 amide bonds. The number of aryl methyl sites for hydroxylation is 2. The summed E-state index contributed by atoms with van der Waals surface area (Å²) in [6.07, 6.45) is 1.01. The van der Waals surface area contributed by atoms with Crippen LogP contribution in [-0.4, -0.2) is 11.7 Å². The number of ether oxygens (including phenoxy) is 2. The molecule has 24 heavy (non-hydrogen) atoms. The van der Waals surface area contributed by atoms with Gasteiger partial charge in [-0.25, -0.2) is 0 Å². The summed E-state index contributed by atoms with van der Waals surface area (Å²) in [5, 5.41) is 0.0494. The molecule has 2 aromatic carbocycles. The Hall–Kier alpha value is -1.94. The van der Waals surface area contributed by atoms with Crippen LogP contribution in [0.3, 0.4) is 0 Å². The van der Waals surface area contributed by atoms with Crippen LogP contribution >= 0.6 is 11.8 Å². The van der Waals surface area contributed by atoms with Crippen LogP contribution in [0.5, 0.6) is 11.5 Å². The van der Waals surface area contributed by atoms with Gasteiger partial charge in [0.05, 0.1) is 6.61 Å². The van der Waals surface area contributed by atoms with E-state index in [1.807, 2.05) is 38.1 Å². The minimum absolute atomic E-state index is 0.0494. The molecule has 3 nitrogen and oxygen atoms in total. The summed E-state index contributed by atoms with van der Waals surface area (Å²) in [6.45, 7) is 8.65. The van der Waals surface area contributed by atoms with E-state index in [1.165, 1.54) is 17.3 Å². The molecule has 0 aliphatic heterocycles.